The summed E-state index contributed by atoms with van der Waals surface area (Å²) in [6, 6.07) is 6.76. The molecule has 0 saturated carbocycles. The summed E-state index contributed by atoms with van der Waals surface area (Å²) in [5, 5.41) is 3.61. The van der Waals surface area contributed by atoms with Gasteiger partial charge in [-0.3, -0.25) is 19.1 Å². The summed E-state index contributed by atoms with van der Waals surface area (Å²) in [5.74, 6) is -0.251. The lowest BCUT2D eigenvalue weighted by molar-refractivity contribution is -0.124. The van der Waals surface area contributed by atoms with Crippen LogP contribution >= 0.6 is 11.8 Å². The Morgan fingerprint density at radius 3 is 2.88 bits per heavy atom. The SMILES string of the molecule is COCCCn1c(SCC(=O)N2CCNC2=O)nc2ccccc2c1=O. The van der Waals surface area contributed by atoms with Gasteiger partial charge in [0.05, 0.1) is 16.7 Å². The molecule has 0 radical (unpaired) electrons. The zero-order chi connectivity index (χ0) is 18.5. The van der Waals surface area contributed by atoms with E-state index in [4.69, 9.17) is 4.74 Å². The second-order valence-corrected chi connectivity index (χ2v) is 6.72. The number of thioether (sulfide) groups is 1. The molecule has 26 heavy (non-hydrogen) atoms. The fourth-order valence-corrected chi connectivity index (χ4v) is 3.64. The van der Waals surface area contributed by atoms with Gasteiger partial charge in [-0.25, -0.2) is 9.78 Å². The standard InChI is InChI=1S/C17H20N4O4S/c1-25-10-4-8-21-15(23)12-5-2-3-6-13(12)19-17(21)26-11-14(22)20-9-7-18-16(20)24/h2-3,5-6H,4,7-11H2,1H3,(H,18,24). The molecule has 1 aliphatic heterocycles. The first kappa shape index (κ1) is 18.4. The Balaban J connectivity index is 1.85. The van der Waals surface area contributed by atoms with Gasteiger partial charge in [0.1, 0.15) is 0 Å². The molecule has 1 fully saturated rings. The average Bonchev–Trinajstić information content (AvgIpc) is 3.08. The maximum atomic E-state index is 12.8. The van der Waals surface area contributed by atoms with E-state index >= 15 is 0 Å². The number of nitrogens with zero attached hydrogens (tertiary/aromatic N) is 3. The van der Waals surface area contributed by atoms with E-state index in [0.29, 0.717) is 48.7 Å². The summed E-state index contributed by atoms with van der Waals surface area (Å²) in [6.45, 7) is 1.80. The second kappa shape index (κ2) is 8.33. The van der Waals surface area contributed by atoms with E-state index in [-0.39, 0.29) is 23.3 Å². The number of ether oxygens (including phenoxy) is 1. The van der Waals surface area contributed by atoms with Gasteiger partial charge in [0.25, 0.3) is 5.56 Å². The van der Waals surface area contributed by atoms with Crippen LogP contribution in [0.1, 0.15) is 6.42 Å². The minimum atomic E-state index is -0.375. The first-order chi connectivity index (χ1) is 12.6. The van der Waals surface area contributed by atoms with E-state index in [1.54, 1.807) is 29.9 Å². The number of imide groups is 1. The van der Waals surface area contributed by atoms with Crippen LogP contribution in [0.15, 0.2) is 34.2 Å². The predicted octanol–water partition coefficient (Wildman–Crippen LogP) is 1.08. The van der Waals surface area contributed by atoms with Gasteiger partial charge in [-0.05, 0) is 18.6 Å². The monoisotopic (exact) mass is 376 g/mol. The number of hydrogen-bond acceptors (Lipinski definition) is 6. The Bertz CT molecular complexity index is 883. The lowest BCUT2D eigenvalue weighted by Crippen LogP contribution is -2.35. The Morgan fingerprint density at radius 2 is 2.15 bits per heavy atom. The highest BCUT2D eigenvalue weighted by atomic mass is 32.2. The van der Waals surface area contributed by atoms with Gasteiger partial charge in [0.2, 0.25) is 5.91 Å². The van der Waals surface area contributed by atoms with Crippen LogP contribution in [-0.2, 0) is 16.1 Å². The van der Waals surface area contributed by atoms with E-state index in [1.807, 2.05) is 6.07 Å². The van der Waals surface area contributed by atoms with E-state index in [9.17, 15) is 14.4 Å². The van der Waals surface area contributed by atoms with Crippen LogP contribution in [-0.4, -0.2) is 58.9 Å². The van der Waals surface area contributed by atoms with Crippen molar-refractivity contribution in [1.82, 2.24) is 19.8 Å². The number of hydrogen-bond donors (Lipinski definition) is 1. The zero-order valence-corrected chi connectivity index (χ0v) is 15.3. The molecule has 1 aromatic heterocycles. The molecule has 3 amide bonds. The summed E-state index contributed by atoms with van der Waals surface area (Å²) >= 11 is 1.17. The second-order valence-electron chi connectivity index (χ2n) is 5.78. The molecule has 0 bridgehead atoms. The van der Waals surface area contributed by atoms with Crippen molar-refractivity contribution in [3.05, 3.63) is 34.6 Å². The molecule has 138 valence electrons. The van der Waals surface area contributed by atoms with Crippen LogP contribution in [0.5, 0.6) is 0 Å². The topological polar surface area (TPSA) is 93.5 Å². The van der Waals surface area contributed by atoms with Crippen molar-refractivity contribution in [2.24, 2.45) is 0 Å². The number of carbonyl (C=O) groups excluding carboxylic acids is 2. The van der Waals surface area contributed by atoms with Crippen LogP contribution in [0.4, 0.5) is 4.79 Å². The van der Waals surface area contributed by atoms with Crippen molar-refractivity contribution in [2.45, 2.75) is 18.1 Å². The van der Waals surface area contributed by atoms with E-state index in [1.165, 1.54) is 16.7 Å². The Labute approximate surface area is 154 Å². The molecule has 0 unspecified atom stereocenters. The zero-order valence-electron chi connectivity index (χ0n) is 14.4. The molecule has 8 nitrogen and oxygen atoms in total. The minimum absolute atomic E-state index is 0.0441. The van der Waals surface area contributed by atoms with Gasteiger partial charge in [0, 0.05) is 33.4 Å². The van der Waals surface area contributed by atoms with Crippen LogP contribution in [0.3, 0.4) is 0 Å². The first-order valence-corrected chi connectivity index (χ1v) is 9.30. The third kappa shape index (κ3) is 3.88. The molecule has 1 saturated heterocycles. The number of amides is 3. The number of aromatic nitrogens is 2. The molecule has 1 aromatic carbocycles. The minimum Gasteiger partial charge on any atom is -0.385 e. The maximum Gasteiger partial charge on any atom is 0.324 e. The highest BCUT2D eigenvalue weighted by Crippen LogP contribution is 2.19. The summed E-state index contributed by atoms with van der Waals surface area (Å²) in [4.78, 5) is 42.4. The number of urea groups is 1. The first-order valence-electron chi connectivity index (χ1n) is 8.31. The Kier molecular flexibility index (Phi) is 5.89. The van der Waals surface area contributed by atoms with Crippen LogP contribution in [0.2, 0.25) is 0 Å². The van der Waals surface area contributed by atoms with Crippen LogP contribution < -0.4 is 10.9 Å². The molecule has 2 aromatic rings. The Hall–Kier alpha value is -2.39. The normalized spacial score (nSPS) is 14.0. The summed E-state index contributed by atoms with van der Waals surface area (Å²) < 4.78 is 6.63. The van der Waals surface area contributed by atoms with Crippen LogP contribution in [0, 0.1) is 0 Å². The average molecular weight is 376 g/mol. The van der Waals surface area contributed by atoms with Crippen molar-refractivity contribution in [1.29, 1.82) is 0 Å². The van der Waals surface area contributed by atoms with Crippen LogP contribution in [0.25, 0.3) is 10.9 Å². The van der Waals surface area contributed by atoms with Crippen molar-refractivity contribution in [3.63, 3.8) is 0 Å². The number of rotatable bonds is 7. The fraction of sp³-hybridized carbons (Fsp3) is 0.412. The lowest BCUT2D eigenvalue weighted by atomic mass is 10.2. The molecule has 1 N–H and O–H groups in total. The van der Waals surface area contributed by atoms with Gasteiger partial charge < -0.3 is 10.1 Å². The predicted molar refractivity (Wildman–Crippen MR) is 98.3 cm³/mol. The lowest BCUT2D eigenvalue weighted by Gasteiger charge is -2.15. The smallest absolute Gasteiger partial charge is 0.324 e. The van der Waals surface area contributed by atoms with Gasteiger partial charge in [-0.2, -0.15) is 0 Å². The van der Waals surface area contributed by atoms with Gasteiger partial charge in [-0.1, -0.05) is 23.9 Å². The molecular formula is C17H20N4O4S. The largest absolute Gasteiger partial charge is 0.385 e. The number of para-hydroxylation sites is 1. The maximum absolute atomic E-state index is 12.8. The van der Waals surface area contributed by atoms with Crippen molar-refractivity contribution >= 4 is 34.6 Å². The summed E-state index contributed by atoms with van der Waals surface area (Å²) in [7, 11) is 1.61. The number of nitrogens with one attached hydrogen (secondary N) is 1. The molecule has 3 rings (SSSR count). The number of carbonyl (C=O) groups is 2. The number of methoxy groups -OCH3 is 1. The van der Waals surface area contributed by atoms with E-state index in [0.717, 1.165) is 0 Å². The number of benzene rings is 1. The third-order valence-electron chi connectivity index (χ3n) is 4.04. The molecule has 1 aliphatic rings. The van der Waals surface area contributed by atoms with Crippen molar-refractivity contribution < 1.29 is 14.3 Å². The molecular weight excluding hydrogens is 356 g/mol. The molecule has 0 atom stereocenters. The van der Waals surface area contributed by atoms with Crippen molar-refractivity contribution in [3.8, 4) is 0 Å². The van der Waals surface area contributed by atoms with E-state index < -0.39 is 0 Å². The molecule has 0 spiro atoms. The number of fused-ring (bicyclic) bond motifs is 1. The third-order valence-corrected chi connectivity index (χ3v) is 5.00. The quantitative estimate of drug-likeness (QED) is 0.441. The highest BCUT2D eigenvalue weighted by Gasteiger charge is 2.26. The molecule has 0 aliphatic carbocycles. The fourth-order valence-electron chi connectivity index (χ4n) is 2.74. The van der Waals surface area contributed by atoms with E-state index in [2.05, 4.69) is 10.3 Å². The highest BCUT2D eigenvalue weighted by molar-refractivity contribution is 7.99. The Morgan fingerprint density at radius 1 is 1.35 bits per heavy atom. The van der Waals surface area contributed by atoms with Crippen molar-refractivity contribution in [2.75, 3.05) is 32.6 Å². The summed E-state index contributed by atoms with van der Waals surface area (Å²) in [6.07, 6.45) is 0.659. The van der Waals surface area contributed by atoms with Gasteiger partial charge in [0.15, 0.2) is 5.16 Å². The summed E-state index contributed by atoms with van der Waals surface area (Å²) in [5.41, 5.74) is 0.454. The van der Waals surface area contributed by atoms with Gasteiger partial charge in [-0.15, -0.1) is 0 Å². The molecule has 9 heteroatoms. The molecule has 2 heterocycles. The van der Waals surface area contributed by atoms with Gasteiger partial charge >= 0.3 is 6.03 Å².